The van der Waals surface area contributed by atoms with Crippen molar-refractivity contribution in [3.63, 3.8) is 0 Å². The number of rotatable bonds is 5. The Morgan fingerprint density at radius 1 is 1.47 bits per heavy atom. The molecule has 2 nitrogen and oxygen atoms in total. The lowest BCUT2D eigenvalue weighted by Crippen LogP contribution is -2.34. The van der Waals surface area contributed by atoms with Crippen molar-refractivity contribution >= 4 is 27.3 Å². The van der Waals surface area contributed by atoms with Gasteiger partial charge in [0.15, 0.2) is 0 Å². The average Bonchev–Trinajstić information content (AvgIpc) is 2.54. The van der Waals surface area contributed by atoms with Gasteiger partial charge in [-0.3, -0.25) is 9.88 Å². The molecule has 0 N–H and O–H groups in total. The van der Waals surface area contributed by atoms with Crippen molar-refractivity contribution < 1.29 is 13.2 Å². The van der Waals surface area contributed by atoms with Crippen molar-refractivity contribution in [3.05, 3.63) is 16.6 Å². The molecule has 1 aromatic heterocycles. The summed E-state index contributed by atoms with van der Waals surface area (Å²) in [7, 11) is 0. The molecule has 0 radical (unpaired) electrons. The minimum absolute atomic E-state index is 0.301. The van der Waals surface area contributed by atoms with Gasteiger partial charge in [-0.2, -0.15) is 13.2 Å². The minimum Gasteiger partial charge on any atom is -0.289 e. The van der Waals surface area contributed by atoms with E-state index in [4.69, 9.17) is 0 Å². The summed E-state index contributed by atoms with van der Waals surface area (Å²) >= 11 is 4.51. The van der Waals surface area contributed by atoms with Gasteiger partial charge >= 0.3 is 6.18 Å². The first-order valence-corrected chi connectivity index (χ1v) is 6.24. The van der Waals surface area contributed by atoms with Crippen molar-refractivity contribution in [1.82, 2.24) is 9.88 Å². The van der Waals surface area contributed by atoms with Gasteiger partial charge in [-0.1, -0.05) is 15.9 Å². The van der Waals surface area contributed by atoms with Crippen molar-refractivity contribution in [1.29, 1.82) is 0 Å². The van der Waals surface area contributed by atoms with E-state index in [1.54, 1.807) is 11.7 Å². The topological polar surface area (TPSA) is 16.1 Å². The molecule has 0 aliphatic rings. The maximum absolute atomic E-state index is 12.2. The normalized spacial score (nSPS) is 12.3. The Labute approximate surface area is 98.2 Å². The lowest BCUT2D eigenvalue weighted by atomic mass is 10.4. The van der Waals surface area contributed by atoms with E-state index in [-0.39, 0.29) is 0 Å². The van der Waals surface area contributed by atoms with Gasteiger partial charge in [-0.15, -0.1) is 11.3 Å². The molecule has 0 bridgehead atoms. The highest BCUT2D eigenvalue weighted by Gasteiger charge is 2.30. The number of hydrogen-bond acceptors (Lipinski definition) is 3. The molecule has 0 aliphatic heterocycles. The molecule has 0 fully saturated rings. The molecule has 0 unspecified atom stereocenters. The first kappa shape index (κ1) is 12.9. The van der Waals surface area contributed by atoms with Crippen LogP contribution in [0.2, 0.25) is 0 Å². The van der Waals surface area contributed by atoms with E-state index in [0.717, 1.165) is 4.88 Å². The Bertz CT molecular complexity index is 276. The first-order valence-electron chi connectivity index (χ1n) is 4.23. The van der Waals surface area contributed by atoms with Gasteiger partial charge in [0.05, 0.1) is 12.1 Å². The van der Waals surface area contributed by atoms with Gasteiger partial charge in [0.25, 0.3) is 0 Å². The monoisotopic (exact) mass is 302 g/mol. The predicted molar refractivity (Wildman–Crippen MR) is 57.2 cm³/mol. The van der Waals surface area contributed by atoms with Crippen molar-refractivity contribution in [2.24, 2.45) is 0 Å². The number of alkyl halides is 4. The zero-order valence-electron chi connectivity index (χ0n) is 7.80. The molecule has 1 rings (SSSR count). The van der Waals surface area contributed by atoms with Gasteiger partial charge in [0, 0.05) is 29.5 Å². The summed E-state index contributed by atoms with van der Waals surface area (Å²) in [4.78, 5) is 6.03. The third kappa shape index (κ3) is 5.48. The van der Waals surface area contributed by atoms with Crippen LogP contribution in [0.1, 0.15) is 4.88 Å². The smallest absolute Gasteiger partial charge is 0.289 e. The number of halogens is 4. The van der Waals surface area contributed by atoms with E-state index in [9.17, 15) is 13.2 Å². The Morgan fingerprint density at radius 3 is 2.67 bits per heavy atom. The van der Waals surface area contributed by atoms with E-state index >= 15 is 0 Å². The van der Waals surface area contributed by atoms with Gasteiger partial charge in [-0.25, -0.2) is 0 Å². The lowest BCUT2D eigenvalue weighted by Gasteiger charge is -2.21. The average molecular weight is 303 g/mol. The van der Waals surface area contributed by atoms with Crippen LogP contribution in [0.25, 0.3) is 0 Å². The number of hydrogen-bond donors (Lipinski definition) is 0. The van der Waals surface area contributed by atoms with Crippen LogP contribution in [0.3, 0.4) is 0 Å². The molecule has 0 spiro atoms. The zero-order chi connectivity index (χ0) is 11.3. The number of thiazole rings is 1. The quantitative estimate of drug-likeness (QED) is 0.778. The summed E-state index contributed by atoms with van der Waals surface area (Å²) in [6, 6.07) is 0. The van der Waals surface area contributed by atoms with E-state index in [1.807, 2.05) is 0 Å². The molecule has 0 aromatic carbocycles. The molecule has 1 heterocycles. The summed E-state index contributed by atoms with van der Waals surface area (Å²) in [6.07, 6.45) is -2.55. The number of nitrogens with zero attached hydrogens (tertiary/aromatic N) is 2. The second-order valence-electron chi connectivity index (χ2n) is 2.98. The molecule has 86 valence electrons. The summed E-state index contributed by atoms with van der Waals surface area (Å²) in [5.74, 6) is 0. The van der Waals surface area contributed by atoms with Crippen molar-refractivity contribution in [3.8, 4) is 0 Å². The van der Waals surface area contributed by atoms with E-state index < -0.39 is 12.7 Å². The Morgan fingerprint density at radius 2 is 2.20 bits per heavy atom. The maximum atomic E-state index is 12.2. The number of aromatic nitrogens is 1. The van der Waals surface area contributed by atoms with Crippen LogP contribution in [-0.2, 0) is 6.54 Å². The summed E-state index contributed by atoms with van der Waals surface area (Å²) in [6.45, 7) is -0.205. The van der Waals surface area contributed by atoms with E-state index in [2.05, 4.69) is 20.9 Å². The van der Waals surface area contributed by atoms with Crippen LogP contribution in [0, 0.1) is 0 Å². The molecule has 1 aromatic rings. The van der Waals surface area contributed by atoms with E-state index in [1.165, 1.54) is 16.2 Å². The highest BCUT2D eigenvalue weighted by atomic mass is 79.9. The summed E-state index contributed by atoms with van der Waals surface area (Å²) in [5, 5.41) is 0.530. The van der Waals surface area contributed by atoms with Gasteiger partial charge < -0.3 is 0 Å². The Hall–Kier alpha value is -0.140. The molecule has 7 heteroatoms. The van der Waals surface area contributed by atoms with Gasteiger partial charge in [0.2, 0.25) is 0 Å². The second-order valence-corrected chi connectivity index (χ2v) is 4.75. The fourth-order valence-corrected chi connectivity index (χ4v) is 2.27. The predicted octanol–water partition coefficient (Wildman–Crippen LogP) is 2.90. The molecule has 0 saturated heterocycles. The third-order valence-electron chi connectivity index (χ3n) is 1.67. The fraction of sp³-hybridized carbons (Fsp3) is 0.625. The largest absolute Gasteiger partial charge is 0.401 e. The molecule has 0 atom stereocenters. The maximum Gasteiger partial charge on any atom is 0.401 e. The van der Waals surface area contributed by atoms with Crippen LogP contribution in [-0.4, -0.2) is 34.5 Å². The van der Waals surface area contributed by atoms with Gasteiger partial charge in [0.1, 0.15) is 0 Å². The highest BCUT2D eigenvalue weighted by molar-refractivity contribution is 9.09. The molecular formula is C8H10BrF3N2S. The van der Waals surface area contributed by atoms with E-state index in [0.29, 0.717) is 18.4 Å². The SMILES string of the molecule is FC(F)(F)CN(CCBr)Cc1cncs1. The standard InChI is InChI=1S/C8H10BrF3N2S/c9-1-2-14(5-8(10,11)12)4-7-3-13-6-15-7/h3,6H,1-2,4-5H2. The third-order valence-corrected chi connectivity index (χ3v) is 2.79. The first-order chi connectivity index (χ1) is 7.01. The van der Waals surface area contributed by atoms with Crippen LogP contribution in [0.5, 0.6) is 0 Å². The Balaban J connectivity index is 2.51. The Kier molecular flexibility index (Phi) is 5.01. The zero-order valence-corrected chi connectivity index (χ0v) is 10.2. The van der Waals surface area contributed by atoms with Crippen LogP contribution in [0.15, 0.2) is 11.7 Å². The van der Waals surface area contributed by atoms with Crippen LogP contribution >= 0.6 is 27.3 Å². The van der Waals surface area contributed by atoms with Gasteiger partial charge in [-0.05, 0) is 0 Å². The van der Waals surface area contributed by atoms with Crippen molar-refractivity contribution in [2.75, 3.05) is 18.4 Å². The minimum atomic E-state index is -4.15. The molecule has 0 amide bonds. The summed E-state index contributed by atoms with van der Waals surface area (Å²) < 4.78 is 36.6. The van der Waals surface area contributed by atoms with Crippen molar-refractivity contribution in [2.45, 2.75) is 12.7 Å². The lowest BCUT2D eigenvalue weighted by molar-refractivity contribution is -0.146. The molecular weight excluding hydrogens is 293 g/mol. The second kappa shape index (κ2) is 5.81. The molecule has 0 aliphatic carbocycles. The highest BCUT2D eigenvalue weighted by Crippen LogP contribution is 2.19. The van der Waals surface area contributed by atoms with Crippen LogP contribution in [0.4, 0.5) is 13.2 Å². The van der Waals surface area contributed by atoms with Crippen LogP contribution < -0.4 is 0 Å². The summed E-state index contributed by atoms with van der Waals surface area (Å²) in [5.41, 5.74) is 1.62. The molecule has 15 heavy (non-hydrogen) atoms. The fourth-order valence-electron chi connectivity index (χ4n) is 1.13. The molecule has 0 saturated carbocycles.